The highest BCUT2D eigenvalue weighted by Gasteiger charge is 2.18. The highest BCUT2D eigenvalue weighted by atomic mass is 32.1. The molecule has 0 aliphatic rings. The normalized spacial score (nSPS) is 10.6. The van der Waals surface area contributed by atoms with Crippen molar-refractivity contribution in [2.75, 3.05) is 13.2 Å². The van der Waals surface area contributed by atoms with Crippen LogP contribution < -0.4 is 4.74 Å². The lowest BCUT2D eigenvalue weighted by Crippen LogP contribution is -2.35. The number of ether oxygens (including phenoxy) is 1. The van der Waals surface area contributed by atoms with Gasteiger partial charge in [0, 0.05) is 12.1 Å². The van der Waals surface area contributed by atoms with E-state index in [-0.39, 0.29) is 24.8 Å². The Hall–Kier alpha value is -3.00. The second-order valence-electron chi connectivity index (χ2n) is 6.16. The van der Waals surface area contributed by atoms with Crippen molar-refractivity contribution >= 4 is 23.0 Å². The van der Waals surface area contributed by atoms with E-state index in [1.807, 2.05) is 24.4 Å². The fourth-order valence-electron chi connectivity index (χ4n) is 2.56. The van der Waals surface area contributed by atoms with Crippen LogP contribution in [0.15, 0.2) is 46.2 Å². The van der Waals surface area contributed by atoms with Gasteiger partial charge in [0.1, 0.15) is 5.75 Å². The van der Waals surface area contributed by atoms with E-state index in [0.29, 0.717) is 29.6 Å². The van der Waals surface area contributed by atoms with Gasteiger partial charge in [-0.1, -0.05) is 13.0 Å². The van der Waals surface area contributed by atoms with Crippen LogP contribution in [0.3, 0.4) is 0 Å². The summed E-state index contributed by atoms with van der Waals surface area (Å²) in [4.78, 5) is 26.4. The van der Waals surface area contributed by atoms with Crippen molar-refractivity contribution in [2.45, 2.75) is 26.8 Å². The van der Waals surface area contributed by atoms with Crippen LogP contribution in [0.1, 0.15) is 36.5 Å². The summed E-state index contributed by atoms with van der Waals surface area (Å²) >= 11 is 1.52. The minimum atomic E-state index is -0.173. The summed E-state index contributed by atoms with van der Waals surface area (Å²) in [5.74, 6) is 1.19. The highest BCUT2D eigenvalue weighted by Crippen LogP contribution is 2.23. The molecule has 0 radical (unpaired) electrons. The number of carbonyl (C=O) groups excluding carboxylic acids is 2. The zero-order chi connectivity index (χ0) is 19.9. The number of amides is 1. The lowest BCUT2D eigenvalue weighted by atomic mass is 10.1. The van der Waals surface area contributed by atoms with Gasteiger partial charge in [0.05, 0.1) is 11.4 Å². The number of ketones is 1. The zero-order valence-corrected chi connectivity index (χ0v) is 16.6. The Morgan fingerprint density at radius 3 is 2.61 bits per heavy atom. The molecule has 3 aromatic rings. The molecule has 0 atom stereocenters. The van der Waals surface area contributed by atoms with Gasteiger partial charge in [-0.05, 0) is 49.1 Å². The Bertz CT molecular complexity index is 919. The molecule has 3 rings (SSSR count). The number of thiophene rings is 1. The van der Waals surface area contributed by atoms with Crippen LogP contribution in [-0.2, 0) is 11.3 Å². The largest absolute Gasteiger partial charge is 0.484 e. The predicted molar refractivity (Wildman–Crippen MR) is 105 cm³/mol. The van der Waals surface area contributed by atoms with Crippen molar-refractivity contribution in [3.8, 4) is 16.5 Å². The molecule has 0 aliphatic heterocycles. The van der Waals surface area contributed by atoms with Crippen LogP contribution in [0.2, 0.25) is 0 Å². The molecule has 0 N–H and O–H groups in total. The summed E-state index contributed by atoms with van der Waals surface area (Å²) < 4.78 is 11.2. The van der Waals surface area contributed by atoms with E-state index in [2.05, 4.69) is 10.2 Å². The Morgan fingerprint density at radius 1 is 1.18 bits per heavy atom. The van der Waals surface area contributed by atoms with Crippen LogP contribution in [-0.4, -0.2) is 39.9 Å². The first kappa shape index (κ1) is 19.8. The maximum absolute atomic E-state index is 12.6. The monoisotopic (exact) mass is 399 g/mol. The summed E-state index contributed by atoms with van der Waals surface area (Å²) in [5.41, 5.74) is 0.601. The minimum absolute atomic E-state index is 0.0155. The van der Waals surface area contributed by atoms with Gasteiger partial charge in [-0.2, -0.15) is 0 Å². The smallest absolute Gasteiger partial charge is 0.260 e. The summed E-state index contributed by atoms with van der Waals surface area (Å²) in [6.45, 7) is 4.18. The van der Waals surface area contributed by atoms with Crippen molar-refractivity contribution in [2.24, 2.45) is 0 Å². The van der Waals surface area contributed by atoms with Crippen LogP contribution >= 0.6 is 11.3 Å². The number of nitrogens with zero attached hydrogens (tertiary/aromatic N) is 3. The van der Waals surface area contributed by atoms with E-state index in [9.17, 15) is 9.59 Å². The number of hydrogen-bond acceptors (Lipinski definition) is 7. The van der Waals surface area contributed by atoms with E-state index >= 15 is 0 Å². The standard InChI is InChI=1S/C20H21N3O4S/c1-3-10-23(12-18-21-22-20(27-18)17-5-4-11-28-17)19(25)13-26-16-8-6-15(7-9-16)14(2)24/h4-9,11H,3,10,12-13H2,1-2H3. The predicted octanol–water partition coefficient (Wildman–Crippen LogP) is 3.82. The Labute approximate surface area is 167 Å². The van der Waals surface area contributed by atoms with Gasteiger partial charge in [0.2, 0.25) is 5.89 Å². The first-order valence-corrected chi connectivity index (χ1v) is 9.82. The Morgan fingerprint density at radius 2 is 1.96 bits per heavy atom. The van der Waals surface area contributed by atoms with Gasteiger partial charge >= 0.3 is 0 Å². The van der Waals surface area contributed by atoms with E-state index in [1.54, 1.807) is 29.2 Å². The first-order valence-electron chi connectivity index (χ1n) is 8.94. The van der Waals surface area contributed by atoms with E-state index in [1.165, 1.54) is 18.3 Å². The van der Waals surface area contributed by atoms with E-state index in [0.717, 1.165) is 11.3 Å². The molecular weight excluding hydrogens is 378 g/mol. The molecule has 2 heterocycles. The van der Waals surface area contributed by atoms with E-state index in [4.69, 9.17) is 9.15 Å². The number of benzene rings is 1. The summed E-state index contributed by atoms with van der Waals surface area (Å²) in [6, 6.07) is 10.5. The van der Waals surface area contributed by atoms with Crippen molar-refractivity contribution in [3.05, 3.63) is 53.2 Å². The third kappa shape index (κ3) is 5.04. The van der Waals surface area contributed by atoms with Gasteiger partial charge in [-0.15, -0.1) is 21.5 Å². The molecule has 0 unspecified atom stereocenters. The molecule has 0 aliphatic carbocycles. The quantitative estimate of drug-likeness (QED) is 0.509. The second kappa shape index (κ2) is 9.27. The van der Waals surface area contributed by atoms with Crippen molar-refractivity contribution in [3.63, 3.8) is 0 Å². The van der Waals surface area contributed by atoms with Crippen LogP contribution in [0.4, 0.5) is 0 Å². The number of carbonyl (C=O) groups is 2. The molecule has 8 heteroatoms. The van der Waals surface area contributed by atoms with Gasteiger partial charge < -0.3 is 14.1 Å². The molecule has 1 aromatic carbocycles. The molecule has 0 saturated carbocycles. The summed E-state index contributed by atoms with van der Waals surface area (Å²) in [7, 11) is 0. The maximum Gasteiger partial charge on any atom is 0.260 e. The van der Waals surface area contributed by atoms with Gasteiger partial charge in [-0.3, -0.25) is 9.59 Å². The lowest BCUT2D eigenvalue weighted by molar-refractivity contribution is -0.134. The maximum atomic E-state index is 12.6. The fourth-order valence-corrected chi connectivity index (χ4v) is 3.21. The Balaban J connectivity index is 1.59. The fraction of sp³-hybridized carbons (Fsp3) is 0.300. The van der Waals surface area contributed by atoms with Gasteiger partial charge in [0.25, 0.3) is 11.8 Å². The molecule has 0 bridgehead atoms. The number of aromatic nitrogens is 2. The molecular formula is C20H21N3O4S. The van der Waals surface area contributed by atoms with Crippen molar-refractivity contribution in [1.82, 2.24) is 15.1 Å². The lowest BCUT2D eigenvalue weighted by Gasteiger charge is -2.20. The topological polar surface area (TPSA) is 85.5 Å². The van der Waals surface area contributed by atoms with Gasteiger partial charge in [0.15, 0.2) is 12.4 Å². The van der Waals surface area contributed by atoms with Crippen LogP contribution in [0, 0.1) is 0 Å². The molecule has 7 nitrogen and oxygen atoms in total. The third-order valence-electron chi connectivity index (χ3n) is 3.99. The molecule has 146 valence electrons. The number of hydrogen-bond donors (Lipinski definition) is 0. The number of rotatable bonds is 9. The molecule has 0 fully saturated rings. The van der Waals surface area contributed by atoms with Gasteiger partial charge in [-0.25, -0.2) is 0 Å². The highest BCUT2D eigenvalue weighted by molar-refractivity contribution is 7.13. The third-order valence-corrected chi connectivity index (χ3v) is 4.85. The first-order chi connectivity index (χ1) is 13.6. The SMILES string of the molecule is CCCN(Cc1nnc(-c2cccs2)o1)C(=O)COc1ccc(C(C)=O)cc1. The summed E-state index contributed by atoms with van der Waals surface area (Å²) in [6.07, 6.45) is 0.797. The van der Waals surface area contributed by atoms with Crippen LogP contribution in [0.5, 0.6) is 5.75 Å². The molecule has 2 aromatic heterocycles. The second-order valence-corrected chi connectivity index (χ2v) is 7.11. The minimum Gasteiger partial charge on any atom is -0.484 e. The summed E-state index contributed by atoms with van der Waals surface area (Å²) in [5, 5.41) is 10.0. The molecule has 28 heavy (non-hydrogen) atoms. The molecule has 1 amide bonds. The zero-order valence-electron chi connectivity index (χ0n) is 15.8. The van der Waals surface area contributed by atoms with Crippen molar-refractivity contribution in [1.29, 1.82) is 0 Å². The Kier molecular flexibility index (Phi) is 6.54. The molecule has 0 saturated heterocycles. The van der Waals surface area contributed by atoms with Crippen molar-refractivity contribution < 1.29 is 18.7 Å². The van der Waals surface area contributed by atoms with E-state index < -0.39 is 0 Å². The molecule has 0 spiro atoms. The average molecular weight is 399 g/mol. The van der Waals surface area contributed by atoms with Crippen LogP contribution in [0.25, 0.3) is 10.8 Å². The number of Topliss-reactive ketones (excluding diaryl/α,β-unsaturated/α-hetero) is 1. The average Bonchev–Trinajstić information content (AvgIpc) is 3.37.